The molecular weight excluding hydrogens is 482 g/mol. The second-order valence-corrected chi connectivity index (χ2v) is 9.74. The number of ether oxygens (including phenoxy) is 1. The van der Waals surface area contributed by atoms with Crippen LogP contribution in [0.15, 0.2) is 66.2 Å². The van der Waals surface area contributed by atoms with Crippen molar-refractivity contribution in [2.45, 2.75) is 11.4 Å². The first kappa shape index (κ1) is 21.6. The molecule has 1 amide bonds. The third-order valence-electron chi connectivity index (χ3n) is 5.55. The molecular formula is C24H19N7O2S2. The molecule has 0 saturated heterocycles. The Morgan fingerprint density at radius 2 is 2.00 bits per heavy atom. The summed E-state index contributed by atoms with van der Waals surface area (Å²) in [5, 5.41) is 7.43. The zero-order valence-corrected chi connectivity index (χ0v) is 20.2. The van der Waals surface area contributed by atoms with E-state index in [0.29, 0.717) is 24.5 Å². The van der Waals surface area contributed by atoms with Gasteiger partial charge in [0, 0.05) is 45.4 Å². The monoisotopic (exact) mass is 501 g/mol. The van der Waals surface area contributed by atoms with Gasteiger partial charge >= 0.3 is 0 Å². The van der Waals surface area contributed by atoms with Gasteiger partial charge in [0.2, 0.25) is 5.88 Å². The van der Waals surface area contributed by atoms with Gasteiger partial charge in [-0.1, -0.05) is 6.07 Å². The highest BCUT2D eigenvalue weighted by Gasteiger charge is 2.16. The van der Waals surface area contributed by atoms with E-state index in [0.717, 1.165) is 42.5 Å². The summed E-state index contributed by atoms with van der Waals surface area (Å²) >= 11 is 3.00. The van der Waals surface area contributed by atoms with E-state index < -0.39 is 0 Å². The summed E-state index contributed by atoms with van der Waals surface area (Å²) in [6.07, 6.45) is 7.09. The zero-order chi connectivity index (χ0) is 23.8. The lowest BCUT2D eigenvalue weighted by Crippen LogP contribution is -2.27. The molecule has 0 radical (unpaired) electrons. The lowest BCUT2D eigenvalue weighted by molar-refractivity contribution is 0.0951. The van der Waals surface area contributed by atoms with Crippen LogP contribution in [0.4, 0.5) is 5.69 Å². The normalized spacial score (nSPS) is 13.5. The van der Waals surface area contributed by atoms with E-state index in [1.165, 1.54) is 11.9 Å². The standard InChI is InChI=1S/C24H19N7O2S2/c1-33-24-19-8-15(10-26-24)20-9-18-22(34-20)21(28-13-27-18)16-11-29-31(12-16)6-5-25-23(32)14-3-2-4-17(7-14)35-30-19/h2-4,7-13,30H,5-6H2,1H3,(H,25,32). The van der Waals surface area contributed by atoms with Crippen molar-refractivity contribution in [3.05, 3.63) is 66.9 Å². The van der Waals surface area contributed by atoms with Gasteiger partial charge in [0.15, 0.2) is 0 Å². The number of benzene rings is 1. The number of nitrogens with zero attached hydrogens (tertiary/aromatic N) is 5. The number of rotatable bonds is 1. The number of carbonyl (C=O) groups excluding carboxylic acids is 1. The first-order valence-electron chi connectivity index (χ1n) is 10.8. The van der Waals surface area contributed by atoms with Gasteiger partial charge in [0.05, 0.1) is 35.8 Å². The van der Waals surface area contributed by atoms with E-state index in [-0.39, 0.29) is 5.91 Å². The van der Waals surface area contributed by atoms with Gasteiger partial charge < -0.3 is 14.8 Å². The maximum absolute atomic E-state index is 12.7. The van der Waals surface area contributed by atoms with E-state index in [1.807, 2.05) is 41.2 Å². The van der Waals surface area contributed by atoms with Crippen LogP contribution in [-0.2, 0) is 6.54 Å². The Bertz CT molecular complexity index is 1560. The molecule has 9 nitrogen and oxygen atoms in total. The summed E-state index contributed by atoms with van der Waals surface area (Å²) in [6, 6.07) is 11.5. The third-order valence-corrected chi connectivity index (χ3v) is 7.54. The molecule has 0 atom stereocenters. The predicted molar refractivity (Wildman–Crippen MR) is 137 cm³/mol. The van der Waals surface area contributed by atoms with Crippen LogP contribution in [0.25, 0.3) is 31.9 Å². The first-order chi connectivity index (χ1) is 17.2. The van der Waals surface area contributed by atoms with Crippen molar-refractivity contribution in [3.8, 4) is 27.6 Å². The molecule has 0 saturated carbocycles. The summed E-state index contributed by atoms with van der Waals surface area (Å²) in [4.78, 5) is 28.1. The van der Waals surface area contributed by atoms with Gasteiger partial charge in [-0.3, -0.25) is 9.48 Å². The van der Waals surface area contributed by atoms with Crippen molar-refractivity contribution in [3.63, 3.8) is 0 Å². The van der Waals surface area contributed by atoms with Crippen LogP contribution in [0.5, 0.6) is 5.88 Å². The predicted octanol–water partition coefficient (Wildman–Crippen LogP) is 4.49. The van der Waals surface area contributed by atoms with E-state index in [2.05, 4.69) is 30.1 Å². The van der Waals surface area contributed by atoms with Gasteiger partial charge in [-0.15, -0.1) is 11.3 Å². The number of hydrogen-bond donors (Lipinski definition) is 2. The highest BCUT2D eigenvalue weighted by Crippen LogP contribution is 2.39. The molecule has 1 aromatic carbocycles. The molecule has 5 aromatic rings. The average molecular weight is 502 g/mol. The van der Waals surface area contributed by atoms with Crippen LogP contribution >= 0.6 is 23.3 Å². The Hall–Kier alpha value is -3.96. The van der Waals surface area contributed by atoms with Crippen LogP contribution in [-0.4, -0.2) is 44.3 Å². The highest BCUT2D eigenvalue weighted by molar-refractivity contribution is 8.00. The molecule has 4 aromatic heterocycles. The molecule has 0 unspecified atom stereocenters. The molecule has 5 heterocycles. The zero-order valence-electron chi connectivity index (χ0n) is 18.6. The minimum Gasteiger partial charge on any atom is -0.480 e. The van der Waals surface area contributed by atoms with Crippen molar-refractivity contribution in [2.75, 3.05) is 18.4 Å². The summed E-state index contributed by atoms with van der Waals surface area (Å²) in [5.41, 5.74) is 4.84. The number of fused-ring (bicyclic) bond motifs is 9. The van der Waals surface area contributed by atoms with Crippen molar-refractivity contribution >= 4 is 45.1 Å². The lowest BCUT2D eigenvalue weighted by Gasteiger charge is -2.11. The van der Waals surface area contributed by atoms with E-state index in [1.54, 1.807) is 43.2 Å². The third kappa shape index (κ3) is 4.19. The minimum atomic E-state index is -0.137. The van der Waals surface area contributed by atoms with E-state index >= 15 is 0 Å². The molecule has 0 aliphatic carbocycles. The number of pyridine rings is 1. The van der Waals surface area contributed by atoms with Crippen LogP contribution in [0.2, 0.25) is 0 Å². The summed E-state index contributed by atoms with van der Waals surface area (Å²) in [5.74, 6) is 0.345. The Morgan fingerprint density at radius 1 is 1.06 bits per heavy atom. The number of anilines is 1. The number of thiophene rings is 1. The number of methoxy groups -OCH3 is 1. The molecule has 1 aliphatic rings. The molecule has 11 heteroatoms. The Morgan fingerprint density at radius 3 is 2.91 bits per heavy atom. The fraction of sp³-hybridized carbons (Fsp3) is 0.125. The molecule has 8 bridgehead atoms. The number of hydrogen-bond acceptors (Lipinski definition) is 9. The average Bonchev–Trinajstić information content (AvgIpc) is 3.54. The topological polar surface area (TPSA) is 107 Å². The summed E-state index contributed by atoms with van der Waals surface area (Å²) < 4.78 is 11.6. The maximum Gasteiger partial charge on any atom is 0.251 e. The molecule has 2 N–H and O–H groups in total. The minimum absolute atomic E-state index is 0.137. The molecule has 174 valence electrons. The summed E-state index contributed by atoms with van der Waals surface area (Å²) in [6.45, 7) is 0.996. The molecule has 0 fully saturated rings. The van der Waals surface area contributed by atoms with Crippen molar-refractivity contribution in [2.24, 2.45) is 0 Å². The first-order valence-corrected chi connectivity index (χ1v) is 12.4. The Kier molecular flexibility index (Phi) is 5.55. The van der Waals surface area contributed by atoms with Gasteiger partial charge in [-0.05, 0) is 42.3 Å². The van der Waals surface area contributed by atoms with Gasteiger partial charge in [-0.2, -0.15) is 5.10 Å². The van der Waals surface area contributed by atoms with Crippen LogP contribution in [0.3, 0.4) is 0 Å². The maximum atomic E-state index is 12.7. The van der Waals surface area contributed by atoms with Crippen LogP contribution in [0.1, 0.15) is 10.4 Å². The highest BCUT2D eigenvalue weighted by atomic mass is 32.2. The van der Waals surface area contributed by atoms with E-state index in [4.69, 9.17) is 4.74 Å². The number of carbonyl (C=O) groups is 1. The summed E-state index contributed by atoms with van der Waals surface area (Å²) in [7, 11) is 1.59. The Labute approximate surface area is 208 Å². The van der Waals surface area contributed by atoms with Crippen LogP contribution < -0.4 is 14.8 Å². The molecule has 1 aliphatic heterocycles. The molecule has 35 heavy (non-hydrogen) atoms. The van der Waals surface area contributed by atoms with Gasteiger partial charge in [0.1, 0.15) is 12.0 Å². The van der Waals surface area contributed by atoms with Gasteiger partial charge in [0.25, 0.3) is 5.91 Å². The smallest absolute Gasteiger partial charge is 0.251 e. The molecule has 0 spiro atoms. The fourth-order valence-electron chi connectivity index (χ4n) is 3.83. The largest absolute Gasteiger partial charge is 0.480 e. The number of aromatic nitrogens is 5. The van der Waals surface area contributed by atoms with Crippen LogP contribution in [0, 0.1) is 0 Å². The lowest BCUT2D eigenvalue weighted by atomic mass is 10.2. The quantitative estimate of drug-likeness (QED) is 0.324. The second-order valence-electron chi connectivity index (χ2n) is 7.81. The van der Waals surface area contributed by atoms with Crippen molar-refractivity contribution < 1.29 is 9.53 Å². The second kappa shape index (κ2) is 9.01. The number of amides is 1. The van der Waals surface area contributed by atoms with E-state index in [9.17, 15) is 4.79 Å². The number of nitrogens with one attached hydrogen (secondary N) is 2. The SMILES string of the molecule is COc1ncc2cc1NSc1cccc(c1)C(=O)NCCn1cc(cn1)-c1ncnc3cc-2sc13. The fourth-order valence-corrected chi connectivity index (χ4v) is 5.64. The van der Waals surface area contributed by atoms with Crippen molar-refractivity contribution in [1.82, 2.24) is 30.0 Å². The Balaban J connectivity index is 1.47. The molecule has 6 rings (SSSR count). The van der Waals surface area contributed by atoms with Gasteiger partial charge in [-0.25, -0.2) is 15.0 Å². The van der Waals surface area contributed by atoms with Crippen molar-refractivity contribution in [1.29, 1.82) is 0 Å².